The Morgan fingerprint density at radius 3 is 0.829 bits per heavy atom. The van der Waals surface area contributed by atoms with Gasteiger partial charge in [-0.1, -0.05) is 22.6 Å². The molecule has 0 bridgehead atoms. The van der Waals surface area contributed by atoms with E-state index in [4.69, 9.17) is 56.8 Å². The van der Waals surface area contributed by atoms with Gasteiger partial charge in [-0.15, -0.1) is 0 Å². The summed E-state index contributed by atoms with van der Waals surface area (Å²) in [6, 6.07) is 0. The lowest BCUT2D eigenvalue weighted by atomic mass is 10.5. The molecule has 0 atom stereocenters. The van der Waals surface area contributed by atoms with E-state index in [0.29, 0.717) is 145 Å². The molecule has 0 saturated carbocycles. The van der Waals surface area contributed by atoms with E-state index in [2.05, 4.69) is 22.6 Å². The smallest absolute Gasteiger partial charge is 0.308 e. The fraction of sp³-hybridized carbons (Fsp3) is 0.963. The van der Waals surface area contributed by atoms with E-state index in [9.17, 15) is 4.79 Å². The number of hydrogen-bond donors (Lipinski definition) is 0. The first kappa shape index (κ1) is 40.8. The van der Waals surface area contributed by atoms with Crippen molar-refractivity contribution in [3.63, 3.8) is 0 Å². The van der Waals surface area contributed by atoms with Gasteiger partial charge in [-0.2, -0.15) is 0 Å². The van der Waals surface area contributed by atoms with Gasteiger partial charge in [0.25, 0.3) is 0 Å². The van der Waals surface area contributed by atoms with E-state index in [1.165, 1.54) is 0 Å². The third-order valence-corrected chi connectivity index (χ3v) is 5.14. The Kier molecular flexibility index (Phi) is 37.6. The van der Waals surface area contributed by atoms with Crippen LogP contribution in [0.2, 0.25) is 0 Å². The molecule has 0 heterocycles. The van der Waals surface area contributed by atoms with Crippen LogP contribution in [0.1, 0.15) is 13.3 Å². The van der Waals surface area contributed by atoms with Gasteiger partial charge in [-0.25, -0.2) is 0 Å². The second kappa shape index (κ2) is 37.8. The number of hydrogen-bond acceptors (Lipinski definition) is 13. The van der Waals surface area contributed by atoms with Crippen LogP contribution in [0.15, 0.2) is 0 Å². The molecule has 0 aromatic rings. The maximum absolute atomic E-state index is 11.1. The van der Waals surface area contributed by atoms with Crippen molar-refractivity contribution in [1.82, 2.24) is 0 Å². The van der Waals surface area contributed by atoms with E-state index >= 15 is 0 Å². The van der Waals surface area contributed by atoms with Gasteiger partial charge in [0.15, 0.2) is 0 Å². The van der Waals surface area contributed by atoms with Gasteiger partial charge in [-0.3, -0.25) is 4.79 Å². The molecule has 0 unspecified atom stereocenters. The summed E-state index contributed by atoms with van der Waals surface area (Å²) < 4.78 is 65.3. The zero-order valence-corrected chi connectivity index (χ0v) is 27.0. The lowest BCUT2D eigenvalue weighted by Gasteiger charge is -2.09. The number of esters is 1. The Hall–Kier alpha value is -0.240. The highest BCUT2D eigenvalue weighted by Gasteiger charge is 2.01. The fourth-order valence-electron chi connectivity index (χ4n) is 2.74. The molecule has 0 aromatic heterocycles. The van der Waals surface area contributed by atoms with Crippen molar-refractivity contribution in [1.29, 1.82) is 0 Å². The van der Waals surface area contributed by atoms with Crippen LogP contribution in [0.5, 0.6) is 0 Å². The lowest BCUT2D eigenvalue weighted by Crippen LogP contribution is -2.15. The van der Waals surface area contributed by atoms with E-state index in [-0.39, 0.29) is 12.4 Å². The van der Waals surface area contributed by atoms with Crippen LogP contribution in [-0.4, -0.2) is 162 Å². The number of halogens is 1. The molecular formula is C27H53IO13. The highest BCUT2D eigenvalue weighted by atomic mass is 127. The largest absolute Gasteiger partial charge is 0.466 e. The van der Waals surface area contributed by atoms with Crippen molar-refractivity contribution in [3.8, 4) is 0 Å². The zero-order chi connectivity index (χ0) is 29.7. The first-order valence-electron chi connectivity index (χ1n) is 14.4. The van der Waals surface area contributed by atoms with E-state index in [0.717, 1.165) is 11.0 Å². The Morgan fingerprint density at radius 1 is 0.390 bits per heavy atom. The van der Waals surface area contributed by atoms with Crippen molar-refractivity contribution in [2.45, 2.75) is 13.3 Å². The number of carbonyl (C=O) groups excluding carboxylic acids is 1. The molecule has 0 fully saturated rings. The molecule has 13 nitrogen and oxygen atoms in total. The van der Waals surface area contributed by atoms with E-state index < -0.39 is 0 Å². The summed E-state index contributed by atoms with van der Waals surface area (Å²) in [5.74, 6) is -0.249. The molecule has 0 aromatic carbocycles. The quantitative estimate of drug-likeness (QED) is 0.0404. The molecule has 0 amide bonds. The second-order valence-corrected chi connectivity index (χ2v) is 9.06. The molecular weight excluding hydrogens is 659 g/mol. The van der Waals surface area contributed by atoms with Crippen LogP contribution in [0.3, 0.4) is 0 Å². The summed E-state index contributed by atoms with van der Waals surface area (Å²) in [5.41, 5.74) is 0. The molecule has 0 spiro atoms. The van der Waals surface area contributed by atoms with Gasteiger partial charge in [0.1, 0.15) is 0 Å². The molecule has 41 heavy (non-hydrogen) atoms. The Balaban J connectivity index is 3.05. The summed E-state index contributed by atoms with van der Waals surface area (Å²) in [7, 11) is 0. The Morgan fingerprint density at radius 2 is 0.610 bits per heavy atom. The van der Waals surface area contributed by atoms with Crippen molar-refractivity contribution >= 4 is 28.6 Å². The topological polar surface area (TPSA) is 128 Å². The lowest BCUT2D eigenvalue weighted by molar-refractivity contribution is -0.144. The molecule has 0 radical (unpaired) electrons. The number of rotatable bonds is 36. The molecule has 14 heteroatoms. The first-order valence-corrected chi connectivity index (χ1v) is 15.9. The van der Waals surface area contributed by atoms with Gasteiger partial charge in [0.2, 0.25) is 0 Å². The van der Waals surface area contributed by atoms with Crippen molar-refractivity contribution in [2.24, 2.45) is 0 Å². The molecule has 0 saturated heterocycles. The average molecular weight is 713 g/mol. The van der Waals surface area contributed by atoms with Crippen LogP contribution in [0, 0.1) is 0 Å². The minimum atomic E-state index is -0.249. The maximum atomic E-state index is 11.1. The first-order chi connectivity index (χ1) is 20.3. The van der Waals surface area contributed by atoms with Gasteiger partial charge < -0.3 is 56.8 Å². The van der Waals surface area contributed by atoms with E-state index in [1.54, 1.807) is 6.92 Å². The van der Waals surface area contributed by atoms with Gasteiger partial charge in [0.05, 0.1) is 158 Å². The van der Waals surface area contributed by atoms with Crippen molar-refractivity contribution < 1.29 is 61.6 Å². The summed E-state index contributed by atoms with van der Waals surface area (Å²) >= 11 is 2.27. The fourth-order valence-corrected chi connectivity index (χ4v) is 3.06. The highest BCUT2D eigenvalue weighted by molar-refractivity contribution is 14.1. The zero-order valence-electron chi connectivity index (χ0n) is 24.9. The molecule has 0 aliphatic heterocycles. The minimum Gasteiger partial charge on any atom is -0.466 e. The van der Waals surface area contributed by atoms with Gasteiger partial charge in [0, 0.05) is 4.43 Å². The molecule has 0 rings (SSSR count). The van der Waals surface area contributed by atoms with Crippen molar-refractivity contribution in [2.75, 3.05) is 156 Å². The summed E-state index contributed by atoms with van der Waals surface area (Å²) in [4.78, 5) is 11.1. The van der Waals surface area contributed by atoms with Crippen LogP contribution < -0.4 is 0 Å². The second-order valence-electron chi connectivity index (χ2n) is 7.98. The highest BCUT2D eigenvalue weighted by Crippen LogP contribution is 1.90. The summed E-state index contributed by atoms with van der Waals surface area (Å²) in [6.07, 6.45) is 0.258. The number of alkyl halides is 1. The predicted molar refractivity (Wildman–Crippen MR) is 159 cm³/mol. The minimum absolute atomic E-state index is 0.249. The standard InChI is InChI=1S/C27H53IO13/c1-2-41-27(29)3-5-30-7-9-32-11-13-34-15-17-36-19-21-38-23-25-40-26-24-39-22-20-37-18-16-35-14-12-33-10-8-31-6-4-28/h2-26H2,1H3. The molecule has 0 N–H and O–H groups in total. The SMILES string of the molecule is CCOC(=O)CCOCCOCCOCCOCCOCCOCCOCCOCCOCCOCCOCCI. The normalized spacial score (nSPS) is 11.4. The molecule has 0 aliphatic rings. The van der Waals surface area contributed by atoms with Crippen LogP contribution >= 0.6 is 22.6 Å². The third-order valence-electron chi connectivity index (χ3n) is 4.70. The summed E-state index contributed by atoms with van der Waals surface area (Å²) in [5, 5.41) is 0. The van der Waals surface area contributed by atoms with E-state index in [1.807, 2.05) is 0 Å². The average Bonchev–Trinajstić information content (AvgIpc) is 2.97. The van der Waals surface area contributed by atoms with Gasteiger partial charge in [-0.05, 0) is 6.92 Å². The Labute approximate surface area is 259 Å². The van der Waals surface area contributed by atoms with Crippen LogP contribution in [0.25, 0.3) is 0 Å². The third kappa shape index (κ3) is 37.7. The molecule has 246 valence electrons. The predicted octanol–water partition coefficient (Wildman–Crippen LogP) is 1.56. The molecule has 0 aliphatic carbocycles. The monoisotopic (exact) mass is 712 g/mol. The van der Waals surface area contributed by atoms with Crippen LogP contribution in [0.4, 0.5) is 0 Å². The number of carbonyl (C=O) groups is 1. The number of ether oxygens (including phenoxy) is 12. The Bertz CT molecular complexity index is 506. The van der Waals surface area contributed by atoms with Gasteiger partial charge >= 0.3 is 5.97 Å². The maximum Gasteiger partial charge on any atom is 0.308 e. The van der Waals surface area contributed by atoms with Crippen LogP contribution in [-0.2, 0) is 61.6 Å². The van der Waals surface area contributed by atoms with Crippen molar-refractivity contribution in [3.05, 3.63) is 0 Å². The summed E-state index contributed by atoms with van der Waals surface area (Å²) in [6.45, 7) is 13.6.